The zero-order chi connectivity index (χ0) is 24.2. The van der Waals surface area contributed by atoms with Gasteiger partial charge in [-0.25, -0.2) is 9.59 Å². The Hall–Kier alpha value is -2.93. The lowest BCUT2D eigenvalue weighted by Crippen LogP contribution is -2.15. The van der Waals surface area contributed by atoms with E-state index in [0.717, 1.165) is 0 Å². The average molecular weight is 471 g/mol. The molecule has 1 aromatic rings. The van der Waals surface area contributed by atoms with E-state index in [9.17, 15) is 9.59 Å². The predicted octanol–water partition coefficient (Wildman–Crippen LogP) is 1.86. The second kappa shape index (κ2) is 18.6. The van der Waals surface area contributed by atoms with Gasteiger partial charge in [-0.2, -0.15) is 0 Å². The molecule has 33 heavy (non-hydrogen) atoms. The second-order valence-electron chi connectivity index (χ2n) is 6.19. The van der Waals surface area contributed by atoms with E-state index in [1.54, 1.807) is 0 Å². The molecule has 0 amide bonds. The van der Waals surface area contributed by atoms with E-state index in [2.05, 4.69) is 10.0 Å². The fraction of sp³-hybridized carbons (Fsp3) is 0.600. The SMILES string of the molecule is [N-]=[N+]=NCCOCCOCCOCCOCCOCCOc1cc(C(=O)O)ccc1C(=O)O. The van der Waals surface area contributed by atoms with Gasteiger partial charge in [-0.05, 0) is 23.7 Å². The lowest BCUT2D eigenvalue weighted by Gasteiger charge is -2.11. The van der Waals surface area contributed by atoms with Crippen molar-refractivity contribution in [1.29, 1.82) is 0 Å². The maximum Gasteiger partial charge on any atom is 0.339 e. The number of carboxylic acid groups (broad SMARTS) is 2. The van der Waals surface area contributed by atoms with Gasteiger partial charge in [0.25, 0.3) is 0 Å². The van der Waals surface area contributed by atoms with Gasteiger partial charge in [0.15, 0.2) is 0 Å². The minimum Gasteiger partial charge on any atom is -0.490 e. The molecule has 0 saturated heterocycles. The molecule has 0 bridgehead atoms. The number of hydrogen-bond donors (Lipinski definition) is 2. The molecule has 2 N–H and O–H groups in total. The Morgan fingerprint density at radius 2 is 1.24 bits per heavy atom. The zero-order valence-electron chi connectivity index (χ0n) is 18.2. The summed E-state index contributed by atoms with van der Waals surface area (Å²) in [6.45, 7) is 4.09. The van der Waals surface area contributed by atoms with Crippen LogP contribution in [0.5, 0.6) is 5.75 Å². The second-order valence-corrected chi connectivity index (χ2v) is 6.19. The standard InChI is InChI=1S/C20H29N3O10/c21-23-22-3-4-28-5-6-29-7-8-30-9-10-31-11-12-32-13-14-33-18-15-16(19(24)25)1-2-17(18)20(26)27/h1-2,15H,3-14H2,(H,24,25)(H,26,27). The summed E-state index contributed by atoms with van der Waals surface area (Å²) >= 11 is 0. The number of hydrogen-bond acceptors (Lipinski definition) is 9. The number of nitrogens with zero attached hydrogens (tertiary/aromatic N) is 3. The molecule has 0 aliphatic rings. The highest BCUT2D eigenvalue weighted by molar-refractivity contribution is 5.94. The maximum atomic E-state index is 11.2. The van der Waals surface area contributed by atoms with Gasteiger partial charge < -0.3 is 38.6 Å². The van der Waals surface area contributed by atoms with Crippen LogP contribution in [0, 0.1) is 0 Å². The van der Waals surface area contributed by atoms with Crippen molar-refractivity contribution in [3.8, 4) is 5.75 Å². The quantitative estimate of drug-likeness (QED) is 0.116. The predicted molar refractivity (Wildman–Crippen MR) is 114 cm³/mol. The molecule has 0 aliphatic heterocycles. The topological polar surface area (TPSA) is 179 Å². The lowest BCUT2D eigenvalue weighted by atomic mass is 10.1. The van der Waals surface area contributed by atoms with Gasteiger partial charge in [-0.1, -0.05) is 5.11 Å². The third-order valence-corrected chi connectivity index (χ3v) is 3.83. The Morgan fingerprint density at radius 3 is 1.70 bits per heavy atom. The van der Waals surface area contributed by atoms with Gasteiger partial charge in [-0.3, -0.25) is 0 Å². The molecule has 0 aliphatic carbocycles. The number of rotatable bonds is 21. The maximum absolute atomic E-state index is 11.2. The number of aromatic carboxylic acids is 2. The van der Waals surface area contributed by atoms with E-state index in [4.69, 9.17) is 44.2 Å². The highest BCUT2D eigenvalue weighted by Crippen LogP contribution is 2.20. The van der Waals surface area contributed by atoms with Crippen molar-refractivity contribution in [2.24, 2.45) is 5.11 Å². The van der Waals surface area contributed by atoms with E-state index in [-0.39, 0.29) is 30.1 Å². The average Bonchev–Trinajstić information content (AvgIpc) is 2.80. The molecule has 184 valence electrons. The summed E-state index contributed by atoms with van der Waals surface area (Å²) in [4.78, 5) is 24.8. The van der Waals surface area contributed by atoms with Crippen LogP contribution in [-0.4, -0.2) is 101 Å². The molecule has 13 nitrogen and oxygen atoms in total. The first-order chi connectivity index (χ1) is 16.1. The van der Waals surface area contributed by atoms with Crippen LogP contribution >= 0.6 is 0 Å². The van der Waals surface area contributed by atoms with E-state index in [1.807, 2.05) is 0 Å². The van der Waals surface area contributed by atoms with Crippen molar-refractivity contribution in [1.82, 2.24) is 0 Å². The van der Waals surface area contributed by atoms with Crippen molar-refractivity contribution in [2.75, 3.05) is 79.2 Å². The van der Waals surface area contributed by atoms with E-state index >= 15 is 0 Å². The highest BCUT2D eigenvalue weighted by Gasteiger charge is 2.14. The first-order valence-electron chi connectivity index (χ1n) is 10.2. The Labute approximate surface area is 190 Å². The molecule has 0 radical (unpaired) electrons. The van der Waals surface area contributed by atoms with Crippen LogP contribution in [0.1, 0.15) is 20.7 Å². The highest BCUT2D eigenvalue weighted by atomic mass is 16.6. The molecule has 0 unspecified atom stereocenters. The van der Waals surface area contributed by atoms with Crippen LogP contribution in [0.3, 0.4) is 0 Å². The monoisotopic (exact) mass is 471 g/mol. The molecule has 0 aromatic heterocycles. The van der Waals surface area contributed by atoms with Crippen LogP contribution in [0.4, 0.5) is 0 Å². The summed E-state index contributed by atoms with van der Waals surface area (Å²) in [5.74, 6) is -2.41. The summed E-state index contributed by atoms with van der Waals surface area (Å²) in [5, 5.41) is 21.5. The minimum atomic E-state index is -1.21. The lowest BCUT2D eigenvalue weighted by molar-refractivity contribution is -0.0122. The Morgan fingerprint density at radius 1 is 0.758 bits per heavy atom. The van der Waals surface area contributed by atoms with E-state index in [1.165, 1.54) is 18.2 Å². The molecular formula is C20H29N3O10. The summed E-state index contributed by atoms with van der Waals surface area (Å²) in [7, 11) is 0. The van der Waals surface area contributed by atoms with E-state index < -0.39 is 11.9 Å². The molecule has 1 aromatic carbocycles. The van der Waals surface area contributed by atoms with Gasteiger partial charge in [0.2, 0.25) is 0 Å². The number of carboxylic acids is 2. The molecule has 0 spiro atoms. The molecule has 0 fully saturated rings. The van der Waals surface area contributed by atoms with Crippen LogP contribution in [-0.2, 0) is 23.7 Å². The normalized spacial score (nSPS) is 10.5. The zero-order valence-corrected chi connectivity index (χ0v) is 18.2. The number of azide groups is 1. The van der Waals surface area contributed by atoms with Crippen molar-refractivity contribution >= 4 is 11.9 Å². The first-order valence-corrected chi connectivity index (χ1v) is 10.2. The number of benzene rings is 1. The Balaban J connectivity index is 1.95. The van der Waals surface area contributed by atoms with Crippen molar-refractivity contribution in [3.05, 3.63) is 39.8 Å². The Bertz CT molecular complexity index is 756. The third kappa shape index (κ3) is 14.0. The third-order valence-electron chi connectivity index (χ3n) is 3.83. The minimum absolute atomic E-state index is 0.0266. The van der Waals surface area contributed by atoms with Gasteiger partial charge >= 0.3 is 11.9 Å². The first kappa shape index (κ1) is 28.1. The smallest absolute Gasteiger partial charge is 0.339 e. The fourth-order valence-corrected chi connectivity index (χ4v) is 2.29. The molecule has 0 saturated carbocycles. The van der Waals surface area contributed by atoms with Gasteiger partial charge in [0.05, 0.1) is 71.6 Å². The summed E-state index contributed by atoms with van der Waals surface area (Å²) in [5.41, 5.74) is 7.91. The van der Waals surface area contributed by atoms with E-state index in [0.29, 0.717) is 66.0 Å². The van der Waals surface area contributed by atoms with Crippen molar-refractivity contribution < 1.29 is 48.2 Å². The molecule has 0 atom stereocenters. The van der Waals surface area contributed by atoms with Crippen LogP contribution < -0.4 is 4.74 Å². The van der Waals surface area contributed by atoms with Crippen LogP contribution in [0.25, 0.3) is 10.4 Å². The van der Waals surface area contributed by atoms with Gasteiger partial charge in [-0.15, -0.1) is 0 Å². The fourth-order valence-electron chi connectivity index (χ4n) is 2.29. The molecule has 13 heteroatoms. The molecule has 1 rings (SSSR count). The van der Waals surface area contributed by atoms with Gasteiger partial charge in [0, 0.05) is 11.5 Å². The number of ether oxygens (including phenoxy) is 6. The summed E-state index contributed by atoms with van der Waals surface area (Å²) in [6, 6.07) is 3.56. The van der Waals surface area contributed by atoms with Crippen LogP contribution in [0.2, 0.25) is 0 Å². The molecular weight excluding hydrogens is 442 g/mol. The van der Waals surface area contributed by atoms with Crippen molar-refractivity contribution in [2.45, 2.75) is 0 Å². The Kier molecular flexibility index (Phi) is 15.9. The largest absolute Gasteiger partial charge is 0.490 e. The van der Waals surface area contributed by atoms with Gasteiger partial charge in [0.1, 0.15) is 17.9 Å². The summed E-state index contributed by atoms with van der Waals surface area (Å²) in [6.07, 6.45) is 0. The van der Waals surface area contributed by atoms with Crippen LogP contribution in [0.15, 0.2) is 23.3 Å². The molecule has 0 heterocycles. The van der Waals surface area contributed by atoms with Crippen molar-refractivity contribution in [3.63, 3.8) is 0 Å². The summed E-state index contributed by atoms with van der Waals surface area (Å²) < 4.78 is 31.9. The number of carbonyl (C=O) groups is 2.